The number of hydrogen-bond acceptors (Lipinski definition) is 2. The Morgan fingerprint density at radius 3 is 2.50 bits per heavy atom. The maximum atomic E-state index is 3.37. The summed E-state index contributed by atoms with van der Waals surface area (Å²) in [7, 11) is 2.14. The average molecular weight is 268 g/mol. The SMILES string of the molecule is CCNCc1cccc(CN(C)c2cccc(C)c2)c1. The molecule has 0 fully saturated rings. The van der Waals surface area contributed by atoms with E-state index in [1.54, 1.807) is 0 Å². The van der Waals surface area contributed by atoms with Crippen LogP contribution in [0.3, 0.4) is 0 Å². The van der Waals surface area contributed by atoms with Crippen molar-refractivity contribution < 1.29 is 0 Å². The summed E-state index contributed by atoms with van der Waals surface area (Å²) in [6, 6.07) is 17.4. The predicted molar refractivity (Wildman–Crippen MR) is 87.1 cm³/mol. The Kier molecular flexibility index (Phi) is 5.19. The van der Waals surface area contributed by atoms with E-state index in [4.69, 9.17) is 0 Å². The molecular weight excluding hydrogens is 244 g/mol. The molecule has 0 aliphatic rings. The zero-order valence-electron chi connectivity index (χ0n) is 12.7. The molecule has 2 aromatic rings. The summed E-state index contributed by atoms with van der Waals surface area (Å²) in [5.41, 5.74) is 5.27. The standard InChI is InChI=1S/C18H24N2/c1-4-19-13-16-8-6-9-17(12-16)14-20(3)18-10-5-7-15(2)11-18/h5-12,19H,4,13-14H2,1-3H3. The van der Waals surface area contributed by atoms with Crippen molar-refractivity contribution in [3.63, 3.8) is 0 Å². The molecule has 2 heteroatoms. The molecule has 0 heterocycles. The van der Waals surface area contributed by atoms with Crippen LogP contribution in [0, 0.1) is 6.92 Å². The molecular formula is C18H24N2. The highest BCUT2D eigenvalue weighted by molar-refractivity contribution is 5.48. The summed E-state index contributed by atoms with van der Waals surface area (Å²) in [5, 5.41) is 3.37. The van der Waals surface area contributed by atoms with Gasteiger partial charge in [0, 0.05) is 25.8 Å². The Morgan fingerprint density at radius 1 is 1.00 bits per heavy atom. The second-order valence-electron chi connectivity index (χ2n) is 5.30. The van der Waals surface area contributed by atoms with Crippen molar-refractivity contribution in [2.45, 2.75) is 26.9 Å². The van der Waals surface area contributed by atoms with Crippen LogP contribution in [0.4, 0.5) is 5.69 Å². The summed E-state index contributed by atoms with van der Waals surface area (Å²) in [4.78, 5) is 2.29. The van der Waals surface area contributed by atoms with Crippen molar-refractivity contribution in [1.82, 2.24) is 5.32 Å². The lowest BCUT2D eigenvalue weighted by Gasteiger charge is -2.20. The first-order valence-electron chi connectivity index (χ1n) is 7.25. The summed E-state index contributed by atoms with van der Waals surface area (Å²) >= 11 is 0. The zero-order chi connectivity index (χ0) is 14.4. The molecule has 0 aromatic heterocycles. The van der Waals surface area contributed by atoms with Crippen molar-refractivity contribution in [2.24, 2.45) is 0 Å². The first-order valence-corrected chi connectivity index (χ1v) is 7.25. The number of anilines is 1. The van der Waals surface area contributed by atoms with Gasteiger partial charge in [0.05, 0.1) is 0 Å². The van der Waals surface area contributed by atoms with Crippen LogP contribution < -0.4 is 10.2 Å². The van der Waals surface area contributed by atoms with Gasteiger partial charge in [0.15, 0.2) is 0 Å². The fourth-order valence-electron chi connectivity index (χ4n) is 2.34. The number of hydrogen-bond donors (Lipinski definition) is 1. The van der Waals surface area contributed by atoms with E-state index in [0.29, 0.717) is 0 Å². The number of benzene rings is 2. The number of nitrogens with one attached hydrogen (secondary N) is 1. The Labute approximate surface area is 122 Å². The van der Waals surface area contributed by atoms with E-state index in [1.807, 2.05) is 0 Å². The monoisotopic (exact) mass is 268 g/mol. The molecule has 0 aliphatic carbocycles. The number of aryl methyl sites for hydroxylation is 1. The Morgan fingerprint density at radius 2 is 1.75 bits per heavy atom. The van der Waals surface area contributed by atoms with E-state index < -0.39 is 0 Å². The Balaban J connectivity index is 2.05. The van der Waals surface area contributed by atoms with Gasteiger partial charge in [-0.15, -0.1) is 0 Å². The third-order valence-corrected chi connectivity index (χ3v) is 3.43. The molecule has 20 heavy (non-hydrogen) atoms. The molecule has 2 rings (SSSR count). The molecule has 2 aromatic carbocycles. The smallest absolute Gasteiger partial charge is 0.0426 e. The van der Waals surface area contributed by atoms with Crippen LogP contribution in [0.2, 0.25) is 0 Å². The first-order chi connectivity index (χ1) is 9.69. The van der Waals surface area contributed by atoms with Gasteiger partial charge in [0.2, 0.25) is 0 Å². The van der Waals surface area contributed by atoms with Crippen LogP contribution in [-0.2, 0) is 13.1 Å². The van der Waals surface area contributed by atoms with Gasteiger partial charge in [-0.2, -0.15) is 0 Å². The van der Waals surface area contributed by atoms with Crippen molar-refractivity contribution in [3.05, 3.63) is 65.2 Å². The molecule has 0 bridgehead atoms. The highest BCUT2D eigenvalue weighted by Crippen LogP contribution is 2.17. The third kappa shape index (κ3) is 4.10. The quantitative estimate of drug-likeness (QED) is 0.858. The third-order valence-electron chi connectivity index (χ3n) is 3.43. The van der Waals surface area contributed by atoms with Crippen LogP contribution in [0.25, 0.3) is 0 Å². The highest BCUT2D eigenvalue weighted by atomic mass is 15.1. The Hall–Kier alpha value is -1.80. The van der Waals surface area contributed by atoms with E-state index in [2.05, 4.69) is 79.6 Å². The molecule has 0 radical (unpaired) electrons. The van der Waals surface area contributed by atoms with E-state index in [1.165, 1.54) is 22.4 Å². The van der Waals surface area contributed by atoms with Gasteiger partial charge >= 0.3 is 0 Å². The molecule has 0 unspecified atom stereocenters. The molecule has 1 N–H and O–H groups in total. The topological polar surface area (TPSA) is 15.3 Å². The molecule has 0 saturated heterocycles. The van der Waals surface area contributed by atoms with Gasteiger partial charge in [-0.3, -0.25) is 0 Å². The summed E-state index contributed by atoms with van der Waals surface area (Å²) < 4.78 is 0. The van der Waals surface area contributed by atoms with Crippen LogP contribution in [-0.4, -0.2) is 13.6 Å². The van der Waals surface area contributed by atoms with Crippen LogP contribution in [0.1, 0.15) is 23.6 Å². The fourth-order valence-corrected chi connectivity index (χ4v) is 2.34. The largest absolute Gasteiger partial charge is 0.370 e. The number of rotatable bonds is 6. The average Bonchev–Trinajstić information content (AvgIpc) is 2.45. The maximum Gasteiger partial charge on any atom is 0.0426 e. The van der Waals surface area contributed by atoms with Crippen molar-refractivity contribution in [2.75, 3.05) is 18.5 Å². The van der Waals surface area contributed by atoms with Gasteiger partial charge in [0.25, 0.3) is 0 Å². The lowest BCUT2D eigenvalue weighted by molar-refractivity contribution is 0.725. The molecule has 0 saturated carbocycles. The van der Waals surface area contributed by atoms with Crippen LogP contribution in [0.5, 0.6) is 0 Å². The Bertz CT molecular complexity index is 549. The van der Waals surface area contributed by atoms with E-state index in [-0.39, 0.29) is 0 Å². The number of nitrogens with zero attached hydrogens (tertiary/aromatic N) is 1. The highest BCUT2D eigenvalue weighted by Gasteiger charge is 2.03. The van der Waals surface area contributed by atoms with Crippen LogP contribution in [0.15, 0.2) is 48.5 Å². The summed E-state index contributed by atoms with van der Waals surface area (Å²) in [6.45, 7) is 7.15. The molecule has 0 spiro atoms. The van der Waals surface area contributed by atoms with Crippen molar-refractivity contribution in [1.29, 1.82) is 0 Å². The normalized spacial score (nSPS) is 10.6. The van der Waals surface area contributed by atoms with E-state index >= 15 is 0 Å². The second-order valence-corrected chi connectivity index (χ2v) is 5.30. The second kappa shape index (κ2) is 7.11. The minimum Gasteiger partial charge on any atom is -0.370 e. The van der Waals surface area contributed by atoms with Gasteiger partial charge in [-0.1, -0.05) is 43.3 Å². The van der Waals surface area contributed by atoms with Gasteiger partial charge < -0.3 is 10.2 Å². The first kappa shape index (κ1) is 14.6. The van der Waals surface area contributed by atoms with Crippen LogP contribution >= 0.6 is 0 Å². The van der Waals surface area contributed by atoms with E-state index in [9.17, 15) is 0 Å². The summed E-state index contributed by atoms with van der Waals surface area (Å²) in [5.74, 6) is 0. The lowest BCUT2D eigenvalue weighted by Crippen LogP contribution is -2.17. The molecule has 0 atom stereocenters. The van der Waals surface area contributed by atoms with Gasteiger partial charge in [-0.05, 0) is 42.3 Å². The van der Waals surface area contributed by atoms with Crippen molar-refractivity contribution in [3.8, 4) is 0 Å². The molecule has 106 valence electrons. The van der Waals surface area contributed by atoms with Crippen molar-refractivity contribution >= 4 is 5.69 Å². The minimum absolute atomic E-state index is 0.934. The molecule has 2 nitrogen and oxygen atoms in total. The molecule has 0 aliphatic heterocycles. The minimum atomic E-state index is 0.934. The van der Waals surface area contributed by atoms with E-state index in [0.717, 1.165) is 19.6 Å². The zero-order valence-corrected chi connectivity index (χ0v) is 12.7. The van der Waals surface area contributed by atoms with Gasteiger partial charge in [0.1, 0.15) is 0 Å². The lowest BCUT2D eigenvalue weighted by atomic mass is 10.1. The van der Waals surface area contributed by atoms with Gasteiger partial charge in [-0.25, -0.2) is 0 Å². The maximum absolute atomic E-state index is 3.37. The predicted octanol–water partition coefficient (Wildman–Crippen LogP) is 3.74. The fraction of sp³-hybridized carbons (Fsp3) is 0.333. The molecule has 0 amide bonds. The summed E-state index contributed by atoms with van der Waals surface area (Å²) in [6.07, 6.45) is 0.